The van der Waals surface area contributed by atoms with Crippen molar-refractivity contribution in [3.8, 4) is 0 Å². The number of nitrogens with one attached hydrogen (secondary N) is 1. The Balaban J connectivity index is 1.50. The van der Waals surface area contributed by atoms with Crippen LogP contribution in [0.5, 0.6) is 0 Å². The zero-order chi connectivity index (χ0) is 33.1. The van der Waals surface area contributed by atoms with Crippen LogP contribution in [0, 0.1) is 5.82 Å². The van der Waals surface area contributed by atoms with Gasteiger partial charge >= 0.3 is 0 Å². The fourth-order valence-corrected chi connectivity index (χ4v) is 6.59. The number of hydrogen-bond donors (Lipinski definition) is 2. The zero-order valence-electron chi connectivity index (χ0n) is 27.3. The summed E-state index contributed by atoms with van der Waals surface area (Å²) in [7, 11) is 7.95. The summed E-state index contributed by atoms with van der Waals surface area (Å²) in [6.45, 7) is 14.3. The number of nitrogens with two attached hydrogens (primary N) is 1. The fraction of sp³-hybridized carbons (Fsp3) is 0.205. The lowest BCUT2D eigenvalue weighted by atomic mass is 9.97. The summed E-state index contributed by atoms with van der Waals surface area (Å²) >= 11 is 1.62. The molecule has 5 rings (SSSR count). The van der Waals surface area contributed by atoms with Crippen molar-refractivity contribution in [3.63, 3.8) is 0 Å². The molecule has 236 valence electrons. The first-order chi connectivity index (χ1) is 22.0. The van der Waals surface area contributed by atoms with Gasteiger partial charge in [0.25, 0.3) is 0 Å². The smallest absolute Gasteiger partial charge is 0.133 e. The Morgan fingerprint density at radius 1 is 0.826 bits per heavy atom. The van der Waals surface area contributed by atoms with Crippen molar-refractivity contribution in [2.45, 2.75) is 29.5 Å². The minimum absolute atomic E-state index is 0.0691. The van der Waals surface area contributed by atoms with E-state index in [-0.39, 0.29) is 17.1 Å². The third-order valence-corrected chi connectivity index (χ3v) is 9.63. The Morgan fingerprint density at radius 3 is 1.85 bits per heavy atom. The first kappa shape index (κ1) is 32.6. The Labute approximate surface area is 277 Å². The van der Waals surface area contributed by atoms with Gasteiger partial charge in [-0.1, -0.05) is 81.3 Å². The minimum Gasteiger partial charge on any atom is -0.399 e. The topological polar surface area (TPSA) is 56.9 Å². The van der Waals surface area contributed by atoms with Gasteiger partial charge in [-0.2, -0.15) is 0 Å². The molecule has 0 amide bonds. The van der Waals surface area contributed by atoms with Gasteiger partial charge < -0.3 is 20.9 Å². The second-order valence-electron chi connectivity index (χ2n) is 11.9. The largest absolute Gasteiger partial charge is 0.399 e. The molecule has 0 spiro atoms. The number of thioether (sulfide) groups is 1. The highest BCUT2D eigenvalue weighted by atomic mass is 32.2. The van der Waals surface area contributed by atoms with Crippen molar-refractivity contribution >= 4 is 45.9 Å². The summed E-state index contributed by atoms with van der Waals surface area (Å²) in [5, 5.41) is 3.46. The molecule has 1 unspecified atom stereocenters. The number of anilines is 1. The number of fused-ring (bicyclic) bond motifs is 1. The number of aliphatic imine (C=N–C) groups is 1. The SMILES string of the molecule is C=C(N)c1ccc2c(c1)N=C(c1ccc(SC(c3ccc(C(=C)N(C)C)cc3)c3ccc(C(=C)N(C)C)cc3)cc1F)C(CC)N2. The van der Waals surface area contributed by atoms with Gasteiger partial charge in [0.2, 0.25) is 0 Å². The van der Waals surface area contributed by atoms with Crippen LogP contribution in [0.3, 0.4) is 0 Å². The number of halogens is 1. The maximum atomic E-state index is 16.0. The van der Waals surface area contributed by atoms with Crippen LogP contribution in [0.1, 0.15) is 52.0 Å². The maximum Gasteiger partial charge on any atom is 0.133 e. The number of hydrogen-bond acceptors (Lipinski definition) is 6. The van der Waals surface area contributed by atoms with E-state index in [9.17, 15) is 0 Å². The van der Waals surface area contributed by atoms with E-state index in [1.807, 2.05) is 68.3 Å². The third kappa shape index (κ3) is 6.90. The molecule has 5 nitrogen and oxygen atoms in total. The number of nitrogens with zero attached hydrogens (tertiary/aromatic N) is 3. The highest BCUT2D eigenvalue weighted by molar-refractivity contribution is 7.99. The van der Waals surface area contributed by atoms with Gasteiger partial charge in [-0.15, -0.1) is 11.8 Å². The molecule has 0 aliphatic carbocycles. The predicted octanol–water partition coefficient (Wildman–Crippen LogP) is 9.03. The van der Waals surface area contributed by atoms with Crippen molar-refractivity contribution in [1.29, 1.82) is 0 Å². The van der Waals surface area contributed by atoms with Crippen molar-refractivity contribution < 1.29 is 4.39 Å². The molecule has 1 atom stereocenters. The molecule has 0 saturated heterocycles. The molecule has 1 heterocycles. The lowest BCUT2D eigenvalue weighted by Crippen LogP contribution is -2.32. The second-order valence-corrected chi connectivity index (χ2v) is 13.1. The van der Waals surface area contributed by atoms with Crippen molar-refractivity contribution in [2.24, 2.45) is 10.7 Å². The molecule has 1 aliphatic rings. The van der Waals surface area contributed by atoms with Gasteiger partial charge in [-0.05, 0) is 64.6 Å². The highest BCUT2D eigenvalue weighted by Crippen LogP contribution is 2.42. The first-order valence-electron chi connectivity index (χ1n) is 15.3. The van der Waals surface area contributed by atoms with Gasteiger partial charge in [-0.25, -0.2) is 9.38 Å². The summed E-state index contributed by atoms with van der Waals surface area (Å²) in [4.78, 5) is 9.75. The van der Waals surface area contributed by atoms with Crippen LogP contribution in [0.2, 0.25) is 0 Å². The van der Waals surface area contributed by atoms with Gasteiger partial charge in [0.1, 0.15) is 5.82 Å². The lowest BCUT2D eigenvalue weighted by Gasteiger charge is -2.27. The molecular formula is C39H42FN5S. The molecule has 4 aromatic carbocycles. The molecule has 0 radical (unpaired) electrons. The van der Waals surface area contributed by atoms with Crippen LogP contribution in [-0.4, -0.2) is 49.7 Å². The average molecular weight is 632 g/mol. The highest BCUT2D eigenvalue weighted by Gasteiger charge is 2.26. The number of rotatable bonds is 11. The lowest BCUT2D eigenvalue weighted by molar-refractivity contribution is 0.593. The molecule has 1 aliphatic heterocycles. The molecule has 7 heteroatoms. The van der Waals surface area contributed by atoms with E-state index in [2.05, 4.69) is 80.5 Å². The Bertz CT molecular complexity index is 1740. The predicted molar refractivity (Wildman–Crippen MR) is 196 cm³/mol. The fourth-order valence-electron chi connectivity index (χ4n) is 5.41. The van der Waals surface area contributed by atoms with Crippen LogP contribution in [-0.2, 0) is 0 Å². The third-order valence-electron chi connectivity index (χ3n) is 8.32. The molecule has 4 aromatic rings. The zero-order valence-corrected chi connectivity index (χ0v) is 28.1. The number of benzene rings is 4. The maximum absolute atomic E-state index is 16.0. The first-order valence-corrected chi connectivity index (χ1v) is 16.2. The average Bonchev–Trinajstić information content (AvgIpc) is 3.05. The molecule has 46 heavy (non-hydrogen) atoms. The van der Waals surface area contributed by atoms with Crippen LogP contribution < -0.4 is 11.1 Å². The normalized spacial score (nSPS) is 13.8. The summed E-state index contributed by atoms with van der Waals surface area (Å²) in [6.07, 6.45) is 0.758. The quantitative estimate of drug-likeness (QED) is 0.162. The molecule has 3 N–H and O–H groups in total. The molecule has 0 aromatic heterocycles. The van der Waals surface area contributed by atoms with E-state index in [0.29, 0.717) is 17.0 Å². The summed E-state index contributed by atoms with van der Waals surface area (Å²) < 4.78 is 16.0. The Morgan fingerprint density at radius 2 is 1.37 bits per heavy atom. The Hall–Kier alpha value is -4.75. The van der Waals surface area contributed by atoms with Crippen LogP contribution >= 0.6 is 11.8 Å². The Kier molecular flexibility index (Phi) is 9.73. The second kappa shape index (κ2) is 13.7. The summed E-state index contributed by atoms with van der Waals surface area (Å²) in [5.41, 5.74) is 16.2. The van der Waals surface area contributed by atoms with Crippen LogP contribution in [0.25, 0.3) is 17.1 Å². The summed E-state index contributed by atoms with van der Waals surface area (Å²) in [6, 6.07) is 28.0. The van der Waals surface area contributed by atoms with Gasteiger partial charge in [0, 0.05) is 55.7 Å². The van der Waals surface area contributed by atoms with E-state index >= 15 is 4.39 Å². The minimum atomic E-state index is -0.305. The van der Waals surface area contributed by atoms with Gasteiger partial charge in [0.05, 0.1) is 28.4 Å². The molecular weight excluding hydrogens is 590 g/mol. The monoisotopic (exact) mass is 631 g/mol. The van der Waals surface area contributed by atoms with Gasteiger partial charge in [-0.3, -0.25) is 0 Å². The molecule has 0 saturated carbocycles. The van der Waals surface area contributed by atoms with E-state index in [1.54, 1.807) is 17.8 Å². The standard InChI is InChI=1S/C39H42FN5S/c1-9-35-38(43-37-22-31(24(2)41)18-21-36(37)42-35)33-20-19-32(23-34(33)40)46-39(29-14-10-27(11-15-29)25(3)44(5)6)30-16-12-28(13-17-30)26(4)45(7)8/h10-23,35,39,42H,2-4,9,41H2,1,5-8H3. The van der Waals surface area contributed by atoms with E-state index < -0.39 is 0 Å². The van der Waals surface area contributed by atoms with Crippen molar-refractivity contribution in [3.05, 3.63) is 144 Å². The van der Waals surface area contributed by atoms with Crippen molar-refractivity contribution in [2.75, 3.05) is 33.5 Å². The van der Waals surface area contributed by atoms with Gasteiger partial charge in [0.15, 0.2) is 0 Å². The van der Waals surface area contributed by atoms with E-state index in [0.717, 1.165) is 61.9 Å². The van der Waals surface area contributed by atoms with Crippen LogP contribution in [0.15, 0.2) is 115 Å². The van der Waals surface area contributed by atoms with E-state index in [4.69, 9.17) is 10.7 Å². The summed E-state index contributed by atoms with van der Waals surface area (Å²) in [5.74, 6) is -0.305. The molecule has 0 bridgehead atoms. The van der Waals surface area contributed by atoms with Crippen molar-refractivity contribution in [1.82, 2.24) is 9.80 Å². The molecule has 0 fully saturated rings. The van der Waals surface area contributed by atoms with Crippen LogP contribution in [0.4, 0.5) is 15.8 Å². The van der Waals surface area contributed by atoms with E-state index in [1.165, 1.54) is 0 Å².